The van der Waals surface area contributed by atoms with Gasteiger partial charge >= 0.3 is 0 Å². The molecule has 0 radical (unpaired) electrons. The van der Waals surface area contributed by atoms with Gasteiger partial charge in [-0.15, -0.1) is 0 Å². The molecular weight excluding hydrogens is 1050 g/mol. The second kappa shape index (κ2) is 24.0. The van der Waals surface area contributed by atoms with Crippen LogP contribution in [-0.4, -0.2) is 32.9 Å². The van der Waals surface area contributed by atoms with E-state index in [2.05, 4.69) is 170 Å². The minimum absolute atomic E-state index is 0.378. The first-order chi connectivity index (χ1) is 31.0. The van der Waals surface area contributed by atoms with Crippen molar-refractivity contribution in [1.29, 1.82) is 0 Å². The van der Waals surface area contributed by atoms with E-state index in [-0.39, 0.29) is 0 Å². The van der Waals surface area contributed by atoms with Gasteiger partial charge < -0.3 is 4.12 Å². The highest BCUT2D eigenvalue weighted by atomic mass is 35.6. The number of alkyl halides is 10. The maximum absolute atomic E-state index is 8.80. The molecule has 344 valence electrons. The van der Waals surface area contributed by atoms with Crippen LogP contribution >= 0.6 is 116 Å². The number of benzene rings is 6. The Bertz CT molecular complexity index is 2110. The molecule has 0 aromatic heterocycles. The van der Waals surface area contributed by atoms with Crippen LogP contribution in [0, 0.1) is 0 Å². The number of hydrogen-bond donors (Lipinski definition) is 0. The van der Waals surface area contributed by atoms with Crippen LogP contribution in [0.2, 0.25) is 0 Å². The fourth-order valence-electron chi connectivity index (χ4n) is 8.70. The summed E-state index contributed by atoms with van der Waals surface area (Å²) in [4.78, 5) is 0. The van der Waals surface area contributed by atoms with Crippen molar-refractivity contribution in [2.45, 2.75) is 93.3 Å². The van der Waals surface area contributed by atoms with Crippen molar-refractivity contribution in [1.82, 2.24) is 0 Å². The van der Waals surface area contributed by atoms with Crippen LogP contribution in [0.25, 0.3) is 0 Å². The van der Waals surface area contributed by atoms with Crippen LogP contribution in [0.4, 0.5) is 0 Å². The van der Waals surface area contributed by atoms with Crippen molar-refractivity contribution < 1.29 is 4.12 Å². The molecule has 13 heteroatoms. The maximum atomic E-state index is 8.80. The lowest BCUT2D eigenvalue weighted by atomic mass is 10.0. The molecule has 0 saturated heterocycles. The standard InChI is InChI=1S/C52H52Cl10OSi2/c53-49(54,51(57,58)59)39-23-3-1-9-25-41-27-19-21-37-47(41)64(43-29-11-5-12-30-43,44-31-13-6-14-32-44)63-65(45-33-15-7-16-34-45,46-35-17-8-18-36-46)48-38-22-20-28-42(48)26-10-2-4-24-40-50(55,56)52(60,61)62/h5-8,11-22,27-38H,1-4,9-10,23-26,39-40H2. The van der Waals surface area contributed by atoms with Gasteiger partial charge in [-0.2, -0.15) is 0 Å². The fourth-order valence-corrected chi connectivity index (χ4v) is 20.9. The van der Waals surface area contributed by atoms with Gasteiger partial charge in [0.2, 0.25) is 7.59 Å². The summed E-state index contributed by atoms with van der Waals surface area (Å²) in [5.74, 6) is 0. The summed E-state index contributed by atoms with van der Waals surface area (Å²) in [7, 11) is -6.91. The summed E-state index contributed by atoms with van der Waals surface area (Å²) in [5, 5.41) is 7.18. The zero-order valence-electron chi connectivity index (χ0n) is 35.8. The molecule has 0 heterocycles. The van der Waals surface area contributed by atoms with E-state index in [9.17, 15) is 0 Å². The second-order valence-electron chi connectivity index (χ2n) is 16.5. The van der Waals surface area contributed by atoms with Gasteiger partial charge in [-0.1, -0.05) is 324 Å². The molecule has 0 aliphatic heterocycles. The van der Waals surface area contributed by atoms with Gasteiger partial charge in [-0.25, -0.2) is 0 Å². The first-order valence-electron chi connectivity index (χ1n) is 22.0. The Morgan fingerprint density at radius 3 is 0.862 bits per heavy atom. The zero-order valence-corrected chi connectivity index (χ0v) is 45.4. The van der Waals surface area contributed by atoms with Crippen molar-refractivity contribution in [3.8, 4) is 0 Å². The van der Waals surface area contributed by atoms with Crippen LogP contribution < -0.4 is 31.1 Å². The van der Waals surface area contributed by atoms with E-state index in [1.54, 1.807) is 0 Å². The van der Waals surface area contributed by atoms with E-state index >= 15 is 0 Å². The molecule has 6 aromatic rings. The van der Waals surface area contributed by atoms with E-state index in [1.165, 1.54) is 42.2 Å². The average molecular weight is 1100 g/mol. The molecule has 0 N–H and O–H groups in total. The van der Waals surface area contributed by atoms with Gasteiger partial charge in [-0.3, -0.25) is 0 Å². The first kappa shape index (κ1) is 53.0. The van der Waals surface area contributed by atoms with Gasteiger partial charge in [0, 0.05) is 0 Å². The molecule has 1 nitrogen and oxygen atoms in total. The van der Waals surface area contributed by atoms with Gasteiger partial charge in [0.15, 0.2) is 8.67 Å². The molecular formula is C52H52Cl10OSi2. The second-order valence-corrected chi connectivity index (χ2v) is 30.9. The van der Waals surface area contributed by atoms with E-state index in [0.717, 1.165) is 64.2 Å². The highest BCUT2D eigenvalue weighted by Gasteiger charge is 2.54. The summed E-state index contributed by atoms with van der Waals surface area (Å²) in [6, 6.07) is 61.5. The lowest BCUT2D eigenvalue weighted by Crippen LogP contribution is -2.81. The molecule has 0 fully saturated rings. The smallest absolute Gasteiger partial charge is 0.279 e. The summed E-state index contributed by atoms with van der Waals surface area (Å²) in [6.07, 6.45) is 9.51. The molecule has 0 aliphatic rings. The Balaban J connectivity index is 1.48. The van der Waals surface area contributed by atoms with Gasteiger partial charge in [-0.05, 0) is 80.8 Å². The largest absolute Gasteiger partial charge is 0.435 e. The lowest BCUT2D eigenvalue weighted by molar-refractivity contribution is 0.579. The molecule has 0 atom stereocenters. The molecule has 6 rings (SSSR count). The quantitative estimate of drug-likeness (QED) is 0.0285. The van der Waals surface area contributed by atoms with Gasteiger partial charge in [0.25, 0.3) is 16.6 Å². The molecule has 6 aromatic carbocycles. The molecule has 65 heavy (non-hydrogen) atoms. The van der Waals surface area contributed by atoms with Crippen molar-refractivity contribution >= 4 is 164 Å². The monoisotopic (exact) mass is 1100 g/mol. The normalized spacial score (nSPS) is 13.0. The third kappa shape index (κ3) is 13.1. The van der Waals surface area contributed by atoms with Crippen LogP contribution in [0.1, 0.15) is 75.3 Å². The summed E-state index contributed by atoms with van der Waals surface area (Å²) >= 11 is 62.2. The van der Waals surface area contributed by atoms with Crippen molar-refractivity contribution in [2.24, 2.45) is 0 Å². The number of rotatable bonds is 22. The van der Waals surface area contributed by atoms with Crippen LogP contribution in [0.15, 0.2) is 170 Å². The third-order valence-corrected chi connectivity index (χ3v) is 26.5. The zero-order chi connectivity index (χ0) is 46.6. The highest BCUT2D eigenvalue weighted by Crippen LogP contribution is 2.49. The summed E-state index contributed by atoms with van der Waals surface area (Å²) < 4.78 is 2.34. The van der Waals surface area contributed by atoms with E-state index < -0.39 is 32.9 Å². The molecule has 0 bridgehead atoms. The third-order valence-electron chi connectivity index (χ3n) is 12.0. The number of unbranched alkanes of at least 4 members (excludes halogenated alkanes) is 6. The molecule has 0 unspecified atom stereocenters. The molecule has 0 aliphatic carbocycles. The maximum Gasteiger partial charge on any atom is 0.279 e. The predicted molar refractivity (Wildman–Crippen MR) is 292 cm³/mol. The van der Waals surface area contributed by atoms with Gasteiger partial charge in [0.1, 0.15) is 0 Å². The van der Waals surface area contributed by atoms with Crippen molar-refractivity contribution in [2.75, 3.05) is 0 Å². The number of aryl methyl sites for hydroxylation is 2. The fraction of sp³-hybridized carbons (Fsp3) is 0.308. The van der Waals surface area contributed by atoms with Gasteiger partial charge in [0.05, 0.1) is 0 Å². The average Bonchev–Trinajstić information content (AvgIpc) is 3.30. The van der Waals surface area contributed by atoms with E-state index in [0.29, 0.717) is 12.8 Å². The Morgan fingerprint density at radius 2 is 0.569 bits per heavy atom. The van der Waals surface area contributed by atoms with Crippen molar-refractivity contribution in [3.63, 3.8) is 0 Å². The highest BCUT2D eigenvalue weighted by molar-refractivity contribution is 7.18. The first-order valence-corrected chi connectivity index (χ1v) is 29.6. The topological polar surface area (TPSA) is 9.23 Å². The SMILES string of the molecule is ClC(Cl)(Cl)C(Cl)(Cl)CCCCCCc1ccccc1[Si](O[Si](c1ccccc1)(c1ccccc1)c1ccccc1CCCCCCC(Cl)(Cl)C(Cl)(Cl)Cl)(c1ccccc1)c1ccccc1. The number of halogens is 10. The van der Waals surface area contributed by atoms with Crippen LogP contribution in [0.3, 0.4) is 0 Å². The summed E-state index contributed by atoms with van der Waals surface area (Å²) in [6.45, 7) is 0. The molecule has 0 amide bonds. The predicted octanol–water partition coefficient (Wildman–Crippen LogP) is 14.4. The Kier molecular flexibility index (Phi) is 19.5. The Hall–Kier alpha value is -1.39. The summed E-state index contributed by atoms with van der Waals surface area (Å²) in [5.41, 5.74) is 2.53. The van der Waals surface area contributed by atoms with Crippen LogP contribution in [-0.2, 0) is 17.0 Å². The Labute approximate surface area is 438 Å². The molecule has 0 spiro atoms. The minimum atomic E-state index is -3.45. The van der Waals surface area contributed by atoms with E-state index in [1.807, 2.05) is 0 Å². The lowest BCUT2D eigenvalue weighted by Gasteiger charge is -2.45. The van der Waals surface area contributed by atoms with Crippen molar-refractivity contribution in [3.05, 3.63) is 181 Å². The minimum Gasteiger partial charge on any atom is -0.435 e. The van der Waals surface area contributed by atoms with E-state index in [4.69, 9.17) is 120 Å². The Morgan fingerprint density at radius 1 is 0.308 bits per heavy atom. The van der Waals surface area contributed by atoms with Crippen LogP contribution in [0.5, 0.6) is 0 Å². The number of hydrogen-bond acceptors (Lipinski definition) is 1. The molecule has 0 saturated carbocycles.